The van der Waals surface area contributed by atoms with Crippen molar-refractivity contribution in [1.82, 2.24) is 4.57 Å². The van der Waals surface area contributed by atoms with Crippen molar-refractivity contribution in [3.8, 4) is 0 Å². The molecule has 1 aromatic heterocycles. The number of carbonyl (C=O) groups excluding carboxylic acids is 4. The van der Waals surface area contributed by atoms with E-state index in [4.69, 9.17) is 16.3 Å². The van der Waals surface area contributed by atoms with E-state index in [1.54, 1.807) is 31.2 Å². The molecule has 2 aliphatic rings. The van der Waals surface area contributed by atoms with Crippen molar-refractivity contribution in [3.05, 3.63) is 109 Å². The second kappa shape index (κ2) is 12.7. The van der Waals surface area contributed by atoms with Gasteiger partial charge in [-0.25, -0.2) is 9.69 Å². The van der Waals surface area contributed by atoms with Gasteiger partial charge < -0.3 is 10.1 Å². The van der Waals surface area contributed by atoms with Crippen LogP contribution < -0.4 is 15.1 Å². The molecule has 15 heteroatoms. The Labute approximate surface area is 278 Å². The number of rotatable bonds is 7. The fraction of sp³-hybridized carbons (Fsp3) is 0.219. The van der Waals surface area contributed by atoms with Gasteiger partial charge in [0.2, 0.25) is 17.7 Å². The number of nitrogens with zero attached hydrogens (tertiary/aromatic N) is 2. The maximum Gasteiger partial charge on any atom is 0.416 e. The number of imide groups is 1. The molecule has 3 atom stereocenters. The van der Waals surface area contributed by atoms with Crippen LogP contribution in [-0.4, -0.2) is 40.1 Å². The number of esters is 1. The number of ether oxygens (including phenoxy) is 1. The van der Waals surface area contributed by atoms with Crippen molar-refractivity contribution in [2.75, 3.05) is 16.8 Å². The number of hydrogen-bond donors (Lipinski definition) is 1. The topological polar surface area (TPSA) is 115 Å². The Balaban J connectivity index is 1.35. The van der Waals surface area contributed by atoms with Gasteiger partial charge in [-0.3, -0.25) is 23.7 Å². The monoisotopic (exact) mass is 701 g/mol. The van der Waals surface area contributed by atoms with Crippen molar-refractivity contribution in [3.63, 3.8) is 0 Å². The maximum atomic E-state index is 14.1. The lowest BCUT2D eigenvalue weighted by Gasteiger charge is -2.30. The van der Waals surface area contributed by atoms with E-state index in [-0.39, 0.29) is 23.5 Å². The van der Waals surface area contributed by atoms with Crippen LogP contribution in [0.1, 0.15) is 39.2 Å². The van der Waals surface area contributed by atoms with Crippen molar-refractivity contribution in [1.29, 1.82) is 0 Å². The lowest BCUT2D eigenvalue weighted by Crippen LogP contribution is -2.33. The maximum absolute atomic E-state index is 14.1. The van der Waals surface area contributed by atoms with Gasteiger partial charge in [-0.1, -0.05) is 52.9 Å². The minimum absolute atomic E-state index is 0.102. The molecule has 0 radical (unpaired) electrons. The number of hydrogen-bond acceptors (Lipinski definition) is 8. The van der Waals surface area contributed by atoms with Crippen molar-refractivity contribution >= 4 is 69.8 Å². The summed E-state index contributed by atoms with van der Waals surface area (Å²) in [6.07, 6.45) is -4.62. The standard InChI is InChI=1S/C32H23ClF3N3O6S2/c1-2-45-30(43)17-8-12-21(13-9-17)39-27(41)24-23(16-6-10-19(33)11-7-16)26-29(46-25(24)28(39)42)38(31(44)47-26)15-22(40)37-20-5-3-4-18(14-20)32(34,35)36/h3-14,23-25H,2,15H2,1H3,(H,37,40). The number of carbonyl (C=O) groups is 4. The number of thiazole rings is 1. The molecule has 3 aromatic carbocycles. The van der Waals surface area contributed by atoms with Crippen LogP contribution in [0.3, 0.4) is 0 Å². The normalized spacial score (nSPS) is 18.9. The number of anilines is 2. The lowest BCUT2D eigenvalue weighted by atomic mass is 9.83. The molecular weight excluding hydrogens is 679 g/mol. The average Bonchev–Trinajstić information content (AvgIpc) is 3.47. The summed E-state index contributed by atoms with van der Waals surface area (Å²) in [6.45, 7) is 1.31. The minimum atomic E-state index is -4.62. The Morgan fingerprint density at radius 2 is 1.68 bits per heavy atom. The summed E-state index contributed by atoms with van der Waals surface area (Å²) in [6, 6.07) is 16.6. The van der Waals surface area contributed by atoms with Gasteiger partial charge in [0.25, 0.3) is 0 Å². The highest BCUT2D eigenvalue weighted by molar-refractivity contribution is 8.00. The number of thioether (sulfide) groups is 1. The SMILES string of the molecule is CCOC(=O)c1ccc(N2C(=O)C3Sc4c(sc(=O)n4CC(=O)Nc4cccc(C(F)(F)F)c4)C(c4ccc(Cl)cc4)C3C2=O)cc1. The van der Waals surface area contributed by atoms with Gasteiger partial charge in [0.1, 0.15) is 11.8 Å². The third-order valence-corrected chi connectivity index (χ3v) is 10.5. The zero-order valence-electron chi connectivity index (χ0n) is 24.2. The molecule has 3 amide bonds. The first kappa shape index (κ1) is 32.5. The van der Waals surface area contributed by atoms with Crippen LogP contribution in [-0.2, 0) is 31.8 Å². The minimum Gasteiger partial charge on any atom is -0.462 e. The Kier molecular flexibility index (Phi) is 8.76. The fourth-order valence-corrected chi connectivity index (χ4v) is 8.52. The third-order valence-electron chi connectivity index (χ3n) is 7.69. The molecule has 3 unspecified atom stereocenters. The summed E-state index contributed by atoms with van der Waals surface area (Å²) in [5, 5.41) is 2.17. The van der Waals surface area contributed by atoms with E-state index in [1.807, 2.05) is 0 Å². The molecule has 0 bridgehead atoms. The Morgan fingerprint density at radius 3 is 2.34 bits per heavy atom. The number of amides is 3. The fourth-order valence-electron chi connectivity index (χ4n) is 5.62. The highest BCUT2D eigenvalue weighted by Crippen LogP contribution is 2.54. The molecule has 47 heavy (non-hydrogen) atoms. The van der Waals surface area contributed by atoms with Crippen LogP contribution >= 0.6 is 34.7 Å². The molecule has 0 spiro atoms. The molecule has 9 nitrogen and oxygen atoms in total. The van der Waals surface area contributed by atoms with Gasteiger partial charge in [-0.15, -0.1) is 0 Å². The first-order valence-electron chi connectivity index (χ1n) is 14.1. The highest BCUT2D eigenvalue weighted by atomic mass is 35.5. The first-order valence-corrected chi connectivity index (χ1v) is 16.2. The van der Waals surface area contributed by atoms with Crippen LogP contribution in [0.4, 0.5) is 24.5 Å². The zero-order valence-corrected chi connectivity index (χ0v) is 26.6. The quantitative estimate of drug-likeness (QED) is 0.181. The molecule has 1 N–H and O–H groups in total. The van der Waals surface area contributed by atoms with Crippen molar-refractivity contribution < 1.29 is 37.1 Å². The van der Waals surface area contributed by atoms with Crippen molar-refractivity contribution in [2.45, 2.75) is 35.8 Å². The molecule has 0 saturated carbocycles. The first-order chi connectivity index (χ1) is 22.4. The summed E-state index contributed by atoms with van der Waals surface area (Å²) in [5.74, 6) is -4.02. The average molecular weight is 702 g/mol. The molecule has 2 aliphatic heterocycles. The molecule has 1 saturated heterocycles. The van der Waals surface area contributed by atoms with Gasteiger partial charge in [0.15, 0.2) is 0 Å². The van der Waals surface area contributed by atoms with Gasteiger partial charge in [-0.2, -0.15) is 13.2 Å². The van der Waals surface area contributed by atoms with E-state index in [9.17, 15) is 37.1 Å². The zero-order chi connectivity index (χ0) is 33.6. The summed E-state index contributed by atoms with van der Waals surface area (Å²) < 4.78 is 45.8. The molecule has 242 valence electrons. The number of aromatic nitrogens is 1. The number of benzene rings is 3. The molecule has 6 rings (SSSR count). The number of halogens is 4. The van der Waals surface area contributed by atoms with Crippen molar-refractivity contribution in [2.24, 2.45) is 5.92 Å². The van der Waals surface area contributed by atoms with E-state index in [0.29, 0.717) is 20.5 Å². The van der Waals surface area contributed by atoms with Crippen LogP contribution in [0, 0.1) is 5.92 Å². The summed E-state index contributed by atoms with van der Waals surface area (Å²) in [7, 11) is 0. The third kappa shape index (κ3) is 6.20. The van der Waals surface area contributed by atoms with Crippen LogP contribution in [0.5, 0.6) is 0 Å². The molecular formula is C32H23ClF3N3O6S2. The molecule has 1 fully saturated rings. The van der Waals surface area contributed by atoms with E-state index in [0.717, 1.165) is 46.2 Å². The molecule has 0 aliphatic carbocycles. The van der Waals surface area contributed by atoms with Gasteiger partial charge >= 0.3 is 17.0 Å². The second-order valence-corrected chi connectivity index (χ2v) is 13.2. The summed E-state index contributed by atoms with van der Waals surface area (Å²) >= 11 is 7.95. The summed E-state index contributed by atoms with van der Waals surface area (Å²) in [4.78, 5) is 67.5. The molecule has 4 aromatic rings. The van der Waals surface area contributed by atoms with E-state index >= 15 is 0 Å². The second-order valence-electron chi connectivity index (χ2n) is 10.6. The van der Waals surface area contributed by atoms with Crippen LogP contribution in [0.15, 0.2) is 82.6 Å². The molecule has 3 heterocycles. The highest BCUT2D eigenvalue weighted by Gasteiger charge is 2.56. The van der Waals surface area contributed by atoms with Gasteiger partial charge in [0, 0.05) is 21.5 Å². The van der Waals surface area contributed by atoms with Gasteiger partial charge in [0.05, 0.1) is 34.4 Å². The predicted molar refractivity (Wildman–Crippen MR) is 170 cm³/mol. The van der Waals surface area contributed by atoms with Gasteiger partial charge in [-0.05, 0) is 67.1 Å². The summed E-state index contributed by atoms with van der Waals surface area (Å²) in [5.41, 5.74) is 0.0647. The van der Waals surface area contributed by atoms with E-state index in [2.05, 4.69) is 5.32 Å². The Bertz CT molecular complexity index is 1960. The van der Waals surface area contributed by atoms with Crippen LogP contribution in [0.25, 0.3) is 0 Å². The Morgan fingerprint density at radius 1 is 0.979 bits per heavy atom. The number of alkyl halides is 3. The lowest BCUT2D eigenvalue weighted by molar-refractivity contribution is -0.137. The smallest absolute Gasteiger partial charge is 0.416 e. The predicted octanol–water partition coefficient (Wildman–Crippen LogP) is 6.19. The number of fused-ring (bicyclic) bond motifs is 2. The number of nitrogens with one attached hydrogen (secondary N) is 1. The Hall–Kier alpha value is -4.40. The van der Waals surface area contributed by atoms with E-state index in [1.165, 1.54) is 34.9 Å². The van der Waals surface area contributed by atoms with Crippen LogP contribution in [0.2, 0.25) is 5.02 Å². The van der Waals surface area contributed by atoms with E-state index < -0.39 is 63.9 Å². The largest absolute Gasteiger partial charge is 0.462 e.